The number of methoxy groups -OCH3 is 2. The summed E-state index contributed by atoms with van der Waals surface area (Å²) >= 11 is 6.38. The number of primary amides is 1. The number of halogens is 1. The molecule has 0 radical (unpaired) electrons. The van der Waals surface area contributed by atoms with Crippen molar-refractivity contribution in [3.8, 4) is 11.5 Å². The Morgan fingerprint density at radius 3 is 2.47 bits per heavy atom. The highest BCUT2D eigenvalue weighted by atomic mass is 35.5. The number of rotatable bonds is 11. The number of nitrogens with two attached hydrogens (primary N) is 1. The Labute approximate surface area is 204 Å². The molecule has 1 atom stereocenters. The molecule has 1 fully saturated rings. The lowest BCUT2D eigenvalue weighted by atomic mass is 9.97. The zero-order valence-corrected chi connectivity index (χ0v) is 20.5. The van der Waals surface area contributed by atoms with Crippen molar-refractivity contribution >= 4 is 23.4 Å². The molecule has 2 amide bonds. The Bertz CT molecular complexity index is 1030. The van der Waals surface area contributed by atoms with Crippen LogP contribution in [0, 0.1) is 6.92 Å². The van der Waals surface area contributed by atoms with Crippen LogP contribution in [0.3, 0.4) is 0 Å². The average Bonchev–Trinajstić information content (AvgIpc) is 3.29. The molecule has 2 aromatic carbocycles. The molecule has 1 heterocycles. The molecule has 2 aromatic rings. The van der Waals surface area contributed by atoms with Gasteiger partial charge in [0.25, 0.3) is 5.91 Å². The number of amides is 2. The van der Waals surface area contributed by atoms with E-state index in [9.17, 15) is 9.59 Å². The van der Waals surface area contributed by atoms with Gasteiger partial charge in [0, 0.05) is 38.4 Å². The first kappa shape index (κ1) is 25.8. The molecule has 3 rings (SSSR count). The Balaban J connectivity index is 1.79. The highest BCUT2D eigenvalue weighted by molar-refractivity contribution is 6.32. The molecule has 1 aliphatic rings. The normalized spacial score (nSPS) is 15.4. The van der Waals surface area contributed by atoms with Gasteiger partial charge in [-0.1, -0.05) is 17.7 Å². The van der Waals surface area contributed by atoms with Crippen LogP contribution < -0.4 is 15.2 Å². The van der Waals surface area contributed by atoms with E-state index >= 15 is 0 Å². The van der Waals surface area contributed by atoms with Crippen molar-refractivity contribution in [1.82, 2.24) is 4.90 Å². The molecule has 0 bridgehead atoms. The number of hydrogen-bond acceptors (Lipinski definition) is 6. The first-order valence-electron chi connectivity index (χ1n) is 11.1. The molecule has 9 heteroatoms. The van der Waals surface area contributed by atoms with Crippen molar-refractivity contribution in [2.24, 2.45) is 5.73 Å². The van der Waals surface area contributed by atoms with Crippen molar-refractivity contribution in [3.63, 3.8) is 0 Å². The lowest BCUT2D eigenvalue weighted by molar-refractivity contribution is 0.0448. The number of carbonyl (C=O) groups is 2. The summed E-state index contributed by atoms with van der Waals surface area (Å²) in [6, 6.07) is 8.68. The van der Waals surface area contributed by atoms with Gasteiger partial charge in [-0.3, -0.25) is 9.59 Å². The van der Waals surface area contributed by atoms with Crippen molar-refractivity contribution in [2.45, 2.75) is 38.6 Å². The summed E-state index contributed by atoms with van der Waals surface area (Å²) in [5.74, 6) is 0.0840. The van der Waals surface area contributed by atoms with Crippen molar-refractivity contribution in [2.75, 3.05) is 34.4 Å². The molecule has 0 spiro atoms. The van der Waals surface area contributed by atoms with E-state index in [0.29, 0.717) is 34.2 Å². The Hall–Kier alpha value is -2.81. The first-order chi connectivity index (χ1) is 16.3. The molecule has 34 heavy (non-hydrogen) atoms. The number of ether oxygens (including phenoxy) is 4. The van der Waals surface area contributed by atoms with E-state index in [2.05, 4.69) is 0 Å². The highest BCUT2D eigenvalue weighted by Gasteiger charge is 2.31. The second-order valence-electron chi connectivity index (χ2n) is 8.22. The van der Waals surface area contributed by atoms with Crippen LogP contribution in [-0.4, -0.2) is 57.1 Å². The maximum Gasteiger partial charge on any atom is 0.257 e. The van der Waals surface area contributed by atoms with E-state index < -0.39 is 5.91 Å². The standard InChI is InChI=1S/C25H31ClN2O6/c1-16-6-7-18(24(27)29)11-17(16)8-9-19-5-4-10-28(19)25(30)20-12-21(26)23(34-15-32-3)13-22(20)33-14-31-2/h6-7,11-13,19H,4-5,8-10,14-15H2,1-3H3,(H2,27,29). The summed E-state index contributed by atoms with van der Waals surface area (Å²) in [6.07, 6.45) is 3.32. The highest BCUT2D eigenvalue weighted by Crippen LogP contribution is 2.35. The van der Waals surface area contributed by atoms with Crippen LogP contribution in [-0.2, 0) is 15.9 Å². The minimum atomic E-state index is -0.447. The van der Waals surface area contributed by atoms with Gasteiger partial charge in [0.15, 0.2) is 13.6 Å². The van der Waals surface area contributed by atoms with Gasteiger partial charge in [-0.05, 0) is 61.9 Å². The summed E-state index contributed by atoms with van der Waals surface area (Å²) in [7, 11) is 3.01. The van der Waals surface area contributed by atoms with E-state index in [4.69, 9.17) is 36.3 Å². The Morgan fingerprint density at radius 2 is 1.79 bits per heavy atom. The second kappa shape index (κ2) is 12.1. The van der Waals surface area contributed by atoms with Crippen LogP contribution in [0.1, 0.15) is 51.1 Å². The third-order valence-electron chi connectivity index (χ3n) is 5.95. The van der Waals surface area contributed by atoms with Crippen LogP contribution in [0.25, 0.3) is 0 Å². The van der Waals surface area contributed by atoms with Gasteiger partial charge in [0.2, 0.25) is 5.91 Å². The van der Waals surface area contributed by atoms with Gasteiger partial charge < -0.3 is 29.6 Å². The van der Waals surface area contributed by atoms with Gasteiger partial charge in [-0.2, -0.15) is 0 Å². The SMILES string of the molecule is COCOc1cc(OCOC)c(C(=O)N2CCCC2CCc2cc(C(N)=O)ccc2C)cc1Cl. The van der Waals surface area contributed by atoms with Gasteiger partial charge in [0.05, 0.1) is 10.6 Å². The quantitative estimate of drug-likeness (QED) is 0.479. The van der Waals surface area contributed by atoms with Gasteiger partial charge in [0.1, 0.15) is 11.5 Å². The van der Waals surface area contributed by atoms with Crippen LogP contribution >= 0.6 is 11.6 Å². The average molecular weight is 491 g/mol. The Kier molecular flexibility index (Phi) is 9.15. The number of benzene rings is 2. The third-order valence-corrected chi connectivity index (χ3v) is 6.24. The monoisotopic (exact) mass is 490 g/mol. The van der Waals surface area contributed by atoms with E-state index in [1.165, 1.54) is 14.2 Å². The zero-order chi connectivity index (χ0) is 24.7. The number of carbonyl (C=O) groups excluding carboxylic acids is 2. The molecular weight excluding hydrogens is 460 g/mol. The van der Waals surface area contributed by atoms with Crippen molar-refractivity contribution < 1.29 is 28.5 Å². The van der Waals surface area contributed by atoms with E-state index in [1.54, 1.807) is 18.2 Å². The van der Waals surface area contributed by atoms with E-state index in [-0.39, 0.29) is 25.5 Å². The fourth-order valence-electron chi connectivity index (χ4n) is 4.15. The maximum atomic E-state index is 13.6. The fraction of sp³-hybridized carbons (Fsp3) is 0.440. The third kappa shape index (κ3) is 6.20. The van der Waals surface area contributed by atoms with Gasteiger partial charge in [-0.15, -0.1) is 0 Å². The summed E-state index contributed by atoms with van der Waals surface area (Å²) in [4.78, 5) is 27.0. The van der Waals surface area contributed by atoms with Crippen LogP contribution in [0.4, 0.5) is 0 Å². The molecule has 0 aromatic heterocycles. The molecule has 2 N–H and O–H groups in total. The van der Waals surface area contributed by atoms with Gasteiger partial charge >= 0.3 is 0 Å². The molecular formula is C25H31ClN2O6. The number of hydrogen-bond donors (Lipinski definition) is 1. The lowest BCUT2D eigenvalue weighted by Crippen LogP contribution is -2.36. The molecule has 0 aliphatic carbocycles. The number of aryl methyl sites for hydroxylation is 2. The van der Waals surface area contributed by atoms with Crippen LogP contribution in [0.2, 0.25) is 5.02 Å². The minimum absolute atomic E-state index is 0.0152. The molecule has 1 unspecified atom stereocenters. The van der Waals surface area contributed by atoms with E-state index in [1.807, 2.05) is 24.0 Å². The molecule has 1 saturated heterocycles. The number of nitrogens with zero attached hydrogens (tertiary/aromatic N) is 1. The summed E-state index contributed by atoms with van der Waals surface area (Å²) in [6.45, 7) is 2.64. The lowest BCUT2D eigenvalue weighted by Gasteiger charge is -2.26. The van der Waals surface area contributed by atoms with Crippen LogP contribution in [0.5, 0.6) is 11.5 Å². The largest absolute Gasteiger partial charge is 0.467 e. The fourth-order valence-corrected chi connectivity index (χ4v) is 4.37. The minimum Gasteiger partial charge on any atom is -0.467 e. The topological polar surface area (TPSA) is 100 Å². The predicted octanol–water partition coefficient (Wildman–Crippen LogP) is 3.95. The summed E-state index contributed by atoms with van der Waals surface area (Å²) in [5.41, 5.74) is 8.43. The smallest absolute Gasteiger partial charge is 0.257 e. The Morgan fingerprint density at radius 1 is 1.09 bits per heavy atom. The van der Waals surface area contributed by atoms with Gasteiger partial charge in [-0.25, -0.2) is 0 Å². The van der Waals surface area contributed by atoms with Crippen LogP contribution in [0.15, 0.2) is 30.3 Å². The second-order valence-corrected chi connectivity index (χ2v) is 8.63. The van der Waals surface area contributed by atoms with Crippen molar-refractivity contribution in [3.05, 3.63) is 57.6 Å². The van der Waals surface area contributed by atoms with Crippen molar-refractivity contribution in [1.29, 1.82) is 0 Å². The first-order valence-corrected chi connectivity index (χ1v) is 11.5. The molecule has 184 valence electrons. The molecule has 0 saturated carbocycles. The predicted molar refractivity (Wildman–Crippen MR) is 129 cm³/mol. The molecule has 1 aliphatic heterocycles. The summed E-state index contributed by atoms with van der Waals surface area (Å²) < 4.78 is 21.1. The maximum absolute atomic E-state index is 13.6. The summed E-state index contributed by atoms with van der Waals surface area (Å²) in [5, 5.41) is 0.291. The van der Waals surface area contributed by atoms with E-state index in [0.717, 1.165) is 36.8 Å². The number of likely N-dealkylation sites (tertiary alicyclic amines) is 1. The molecule has 8 nitrogen and oxygen atoms in total. The zero-order valence-electron chi connectivity index (χ0n) is 19.8.